The molecule has 0 aliphatic rings. The first-order valence-electron chi connectivity index (χ1n) is 6.79. The van der Waals surface area contributed by atoms with E-state index in [1.807, 2.05) is 37.3 Å². The molecule has 0 spiro atoms. The Morgan fingerprint density at radius 2 is 1.85 bits per heavy atom. The second-order valence-electron chi connectivity index (χ2n) is 4.72. The lowest BCUT2D eigenvalue weighted by molar-refractivity contribution is 0.0742. The van der Waals surface area contributed by atoms with Gasteiger partial charge < -0.3 is 4.90 Å². The van der Waals surface area contributed by atoms with Crippen LogP contribution in [0.15, 0.2) is 54.6 Å². The highest BCUT2D eigenvalue weighted by molar-refractivity contribution is 5.94. The first-order valence-corrected chi connectivity index (χ1v) is 6.79. The number of hydrogen-bond donors (Lipinski definition) is 0. The van der Waals surface area contributed by atoms with Crippen molar-refractivity contribution < 1.29 is 9.18 Å². The van der Waals surface area contributed by atoms with Gasteiger partial charge in [-0.25, -0.2) is 4.39 Å². The molecular formula is C17H18FNO. The lowest BCUT2D eigenvalue weighted by Gasteiger charge is -2.22. The van der Waals surface area contributed by atoms with Crippen molar-refractivity contribution in [1.82, 2.24) is 4.90 Å². The van der Waals surface area contributed by atoms with Crippen LogP contribution in [0.25, 0.3) is 0 Å². The van der Waals surface area contributed by atoms with Crippen molar-refractivity contribution in [3.63, 3.8) is 0 Å². The molecule has 0 saturated carbocycles. The van der Waals surface area contributed by atoms with Gasteiger partial charge in [0.15, 0.2) is 0 Å². The van der Waals surface area contributed by atoms with Gasteiger partial charge in [0, 0.05) is 18.7 Å². The Morgan fingerprint density at radius 1 is 1.10 bits per heavy atom. The summed E-state index contributed by atoms with van der Waals surface area (Å²) in [5, 5.41) is 0. The maximum absolute atomic E-state index is 13.2. The van der Waals surface area contributed by atoms with Crippen LogP contribution in [-0.4, -0.2) is 17.4 Å². The molecule has 3 heteroatoms. The lowest BCUT2D eigenvalue weighted by Crippen LogP contribution is -2.31. The van der Waals surface area contributed by atoms with Crippen molar-refractivity contribution >= 4 is 5.91 Å². The molecule has 0 radical (unpaired) electrons. The molecule has 0 bridgehead atoms. The van der Waals surface area contributed by atoms with Gasteiger partial charge in [-0.05, 0) is 30.2 Å². The van der Waals surface area contributed by atoms with Crippen molar-refractivity contribution in [3.05, 3.63) is 71.5 Å². The molecule has 104 valence electrons. The summed E-state index contributed by atoms with van der Waals surface area (Å²) >= 11 is 0. The molecule has 0 N–H and O–H groups in total. The summed E-state index contributed by atoms with van der Waals surface area (Å²) in [5.74, 6) is -0.512. The third-order valence-corrected chi connectivity index (χ3v) is 3.07. The quantitative estimate of drug-likeness (QED) is 0.808. The summed E-state index contributed by atoms with van der Waals surface area (Å²) in [6.07, 6.45) is 0.869. The molecule has 0 atom stereocenters. The zero-order valence-corrected chi connectivity index (χ0v) is 11.6. The van der Waals surface area contributed by atoms with Crippen molar-refractivity contribution in [1.29, 1.82) is 0 Å². The Hall–Kier alpha value is -2.16. The third kappa shape index (κ3) is 3.67. The van der Waals surface area contributed by atoms with Crippen LogP contribution < -0.4 is 0 Å². The topological polar surface area (TPSA) is 20.3 Å². The van der Waals surface area contributed by atoms with Crippen molar-refractivity contribution in [3.8, 4) is 0 Å². The molecule has 0 heterocycles. The summed E-state index contributed by atoms with van der Waals surface area (Å²) in [6.45, 7) is 3.23. The number of rotatable bonds is 5. The highest BCUT2D eigenvalue weighted by atomic mass is 19.1. The molecule has 1 amide bonds. The van der Waals surface area contributed by atoms with E-state index in [1.54, 1.807) is 17.0 Å². The van der Waals surface area contributed by atoms with Crippen molar-refractivity contribution in [2.75, 3.05) is 6.54 Å². The zero-order valence-electron chi connectivity index (χ0n) is 11.6. The van der Waals surface area contributed by atoms with Gasteiger partial charge in [0.1, 0.15) is 5.82 Å². The van der Waals surface area contributed by atoms with E-state index in [4.69, 9.17) is 0 Å². The molecule has 0 aliphatic carbocycles. The molecule has 2 rings (SSSR count). The molecule has 0 aromatic heterocycles. The molecule has 0 aliphatic heterocycles. The van der Waals surface area contributed by atoms with Crippen LogP contribution in [0.2, 0.25) is 0 Å². The number of carbonyl (C=O) groups is 1. The van der Waals surface area contributed by atoms with E-state index in [9.17, 15) is 9.18 Å². The van der Waals surface area contributed by atoms with Gasteiger partial charge >= 0.3 is 0 Å². The minimum Gasteiger partial charge on any atom is -0.334 e. The number of hydrogen-bond acceptors (Lipinski definition) is 1. The molecule has 0 unspecified atom stereocenters. The maximum atomic E-state index is 13.2. The average molecular weight is 271 g/mol. The standard InChI is InChI=1S/C17H18FNO/c1-2-11-19(13-14-7-4-3-5-8-14)17(20)15-9-6-10-16(18)12-15/h3-10,12H,2,11,13H2,1H3. The van der Waals surface area contributed by atoms with E-state index in [2.05, 4.69) is 0 Å². The highest BCUT2D eigenvalue weighted by Gasteiger charge is 2.15. The normalized spacial score (nSPS) is 10.3. The minimum atomic E-state index is -0.382. The Kier molecular flexibility index (Phi) is 4.88. The smallest absolute Gasteiger partial charge is 0.254 e. The van der Waals surface area contributed by atoms with Crippen LogP contribution in [0, 0.1) is 5.82 Å². The molecule has 20 heavy (non-hydrogen) atoms. The van der Waals surface area contributed by atoms with Gasteiger partial charge in [-0.2, -0.15) is 0 Å². The number of halogens is 1. The first-order chi connectivity index (χ1) is 9.70. The third-order valence-electron chi connectivity index (χ3n) is 3.07. The number of amides is 1. The van der Waals surface area contributed by atoms with Gasteiger partial charge in [-0.3, -0.25) is 4.79 Å². The Balaban J connectivity index is 2.18. The maximum Gasteiger partial charge on any atom is 0.254 e. The van der Waals surface area contributed by atoms with Gasteiger partial charge in [0.05, 0.1) is 0 Å². The van der Waals surface area contributed by atoms with E-state index in [0.29, 0.717) is 18.7 Å². The molecule has 0 saturated heterocycles. The largest absolute Gasteiger partial charge is 0.334 e. The Labute approximate surface area is 118 Å². The SMILES string of the molecule is CCCN(Cc1ccccc1)C(=O)c1cccc(F)c1. The second-order valence-corrected chi connectivity index (χ2v) is 4.72. The lowest BCUT2D eigenvalue weighted by atomic mass is 10.1. The summed E-state index contributed by atoms with van der Waals surface area (Å²) in [6, 6.07) is 15.7. The Morgan fingerprint density at radius 3 is 2.50 bits per heavy atom. The predicted molar refractivity (Wildman–Crippen MR) is 77.9 cm³/mol. The molecule has 2 aromatic carbocycles. The van der Waals surface area contributed by atoms with Crippen LogP contribution in [0.4, 0.5) is 4.39 Å². The van der Waals surface area contributed by atoms with Crippen LogP contribution in [0.5, 0.6) is 0 Å². The molecule has 0 fully saturated rings. The number of nitrogens with zero attached hydrogens (tertiary/aromatic N) is 1. The Bertz CT molecular complexity index is 568. The fraction of sp³-hybridized carbons (Fsp3) is 0.235. The monoisotopic (exact) mass is 271 g/mol. The average Bonchev–Trinajstić information content (AvgIpc) is 2.47. The van der Waals surface area contributed by atoms with Gasteiger partial charge in [0.25, 0.3) is 5.91 Å². The minimum absolute atomic E-state index is 0.129. The molecule has 2 aromatic rings. The van der Waals surface area contributed by atoms with E-state index in [1.165, 1.54) is 12.1 Å². The number of carbonyl (C=O) groups excluding carboxylic acids is 1. The van der Waals surface area contributed by atoms with Crippen LogP contribution in [0.3, 0.4) is 0 Å². The van der Waals surface area contributed by atoms with E-state index in [-0.39, 0.29) is 11.7 Å². The summed E-state index contributed by atoms with van der Waals surface area (Å²) < 4.78 is 13.2. The van der Waals surface area contributed by atoms with E-state index >= 15 is 0 Å². The zero-order chi connectivity index (χ0) is 14.4. The summed E-state index contributed by atoms with van der Waals surface area (Å²) in [7, 11) is 0. The first kappa shape index (κ1) is 14.3. The van der Waals surface area contributed by atoms with Gasteiger partial charge in [0.2, 0.25) is 0 Å². The van der Waals surface area contributed by atoms with Crippen LogP contribution in [-0.2, 0) is 6.54 Å². The van der Waals surface area contributed by atoms with Gasteiger partial charge in [-0.1, -0.05) is 43.3 Å². The highest BCUT2D eigenvalue weighted by Crippen LogP contribution is 2.12. The second kappa shape index (κ2) is 6.85. The van der Waals surface area contributed by atoms with Crippen molar-refractivity contribution in [2.45, 2.75) is 19.9 Å². The predicted octanol–water partition coefficient (Wildman–Crippen LogP) is 3.88. The fourth-order valence-corrected chi connectivity index (χ4v) is 2.13. The molecule has 2 nitrogen and oxygen atoms in total. The van der Waals surface area contributed by atoms with Gasteiger partial charge in [-0.15, -0.1) is 0 Å². The number of benzene rings is 2. The fourth-order valence-electron chi connectivity index (χ4n) is 2.13. The molecular weight excluding hydrogens is 253 g/mol. The van der Waals surface area contributed by atoms with Crippen molar-refractivity contribution in [2.24, 2.45) is 0 Å². The summed E-state index contributed by atoms with van der Waals surface area (Å²) in [5.41, 5.74) is 1.47. The van der Waals surface area contributed by atoms with E-state index in [0.717, 1.165) is 12.0 Å². The summed E-state index contributed by atoms with van der Waals surface area (Å²) in [4.78, 5) is 14.2. The van der Waals surface area contributed by atoms with E-state index < -0.39 is 0 Å². The van der Waals surface area contributed by atoms with Crippen LogP contribution >= 0.6 is 0 Å². The van der Waals surface area contributed by atoms with Crippen LogP contribution in [0.1, 0.15) is 29.3 Å².